The van der Waals surface area contributed by atoms with Crippen LogP contribution in [-0.2, 0) is 11.2 Å². The first-order valence-electron chi connectivity index (χ1n) is 5.92. The smallest absolute Gasteiger partial charge is 0.155 e. The van der Waals surface area contributed by atoms with Crippen LogP contribution in [0.15, 0.2) is 18.2 Å². The van der Waals surface area contributed by atoms with Crippen molar-refractivity contribution in [1.29, 1.82) is 0 Å². The van der Waals surface area contributed by atoms with Crippen molar-refractivity contribution in [3.05, 3.63) is 34.4 Å². The van der Waals surface area contributed by atoms with Gasteiger partial charge in [-0.25, -0.2) is 0 Å². The van der Waals surface area contributed by atoms with Gasteiger partial charge in [0.15, 0.2) is 5.78 Å². The van der Waals surface area contributed by atoms with E-state index in [2.05, 4.69) is 0 Å². The Morgan fingerprint density at radius 1 is 1.35 bits per heavy atom. The second-order valence-electron chi connectivity index (χ2n) is 4.78. The number of benzene rings is 1. The third-order valence-corrected chi connectivity index (χ3v) is 4.14. The zero-order valence-corrected chi connectivity index (χ0v) is 10.1. The zero-order valence-electron chi connectivity index (χ0n) is 9.37. The number of ketones is 1. The molecule has 17 heavy (non-hydrogen) atoms. The van der Waals surface area contributed by atoms with E-state index in [1.165, 1.54) is 0 Å². The number of hydrogen-bond donors (Lipinski definition) is 1. The Labute approximate surface area is 105 Å². The van der Waals surface area contributed by atoms with Gasteiger partial charge in [0, 0.05) is 6.42 Å². The highest BCUT2D eigenvalue weighted by atomic mass is 35.5. The molecule has 0 radical (unpaired) electrons. The van der Waals surface area contributed by atoms with Crippen LogP contribution >= 0.6 is 11.6 Å². The Hall–Kier alpha value is -1.28. The Morgan fingerprint density at radius 3 is 3.00 bits per heavy atom. The molecule has 0 amide bonds. The summed E-state index contributed by atoms with van der Waals surface area (Å²) in [6.07, 6.45) is 5.25. The maximum absolute atomic E-state index is 11.6. The number of allylic oxidation sites excluding steroid dienone is 2. The van der Waals surface area contributed by atoms with E-state index < -0.39 is 0 Å². The number of halogens is 1. The fraction of sp³-hybridized carbons (Fsp3) is 0.357. The molecule has 1 unspecified atom stereocenters. The standard InChI is InChI=1S/C14H13ClO2/c15-14-12-6-8-2-1-3-9(16)7-11(8)10(12)4-5-13(14)17/h4-5,7-8,17H,1-3,6H2. The van der Waals surface area contributed by atoms with Crippen LogP contribution in [0.1, 0.15) is 30.4 Å². The average Bonchev–Trinajstić information content (AvgIpc) is 2.53. The van der Waals surface area contributed by atoms with Gasteiger partial charge in [0.2, 0.25) is 0 Å². The summed E-state index contributed by atoms with van der Waals surface area (Å²) in [5, 5.41) is 10.1. The number of hydrogen-bond acceptors (Lipinski definition) is 2. The first kappa shape index (κ1) is 10.8. The van der Waals surface area contributed by atoms with E-state index in [1.807, 2.05) is 6.07 Å². The van der Waals surface area contributed by atoms with Gasteiger partial charge >= 0.3 is 0 Å². The van der Waals surface area contributed by atoms with Crippen LogP contribution in [0.4, 0.5) is 0 Å². The number of carbonyl (C=O) groups is 1. The van der Waals surface area contributed by atoms with E-state index in [0.29, 0.717) is 17.4 Å². The van der Waals surface area contributed by atoms with Crippen molar-refractivity contribution in [2.75, 3.05) is 0 Å². The van der Waals surface area contributed by atoms with Crippen LogP contribution in [0.25, 0.3) is 5.57 Å². The Balaban J connectivity index is 2.16. The fourth-order valence-electron chi connectivity index (χ4n) is 2.88. The minimum Gasteiger partial charge on any atom is -0.506 e. The highest BCUT2D eigenvalue weighted by Crippen LogP contribution is 2.46. The summed E-state index contributed by atoms with van der Waals surface area (Å²) in [6.45, 7) is 0. The van der Waals surface area contributed by atoms with Gasteiger partial charge < -0.3 is 5.11 Å². The molecular weight excluding hydrogens is 236 g/mol. The van der Waals surface area contributed by atoms with Crippen LogP contribution < -0.4 is 0 Å². The van der Waals surface area contributed by atoms with Crippen molar-refractivity contribution < 1.29 is 9.90 Å². The van der Waals surface area contributed by atoms with Crippen molar-refractivity contribution >= 4 is 23.0 Å². The summed E-state index contributed by atoms with van der Waals surface area (Å²) >= 11 is 6.12. The second kappa shape index (κ2) is 3.88. The molecule has 0 fully saturated rings. The molecule has 0 saturated heterocycles. The molecule has 1 aromatic rings. The van der Waals surface area contributed by atoms with Gasteiger partial charge in [0.1, 0.15) is 5.75 Å². The summed E-state index contributed by atoms with van der Waals surface area (Å²) in [5.41, 5.74) is 3.16. The van der Waals surface area contributed by atoms with Gasteiger partial charge in [-0.15, -0.1) is 0 Å². The zero-order chi connectivity index (χ0) is 12.0. The number of rotatable bonds is 0. The normalized spacial score (nSPS) is 22.8. The molecule has 0 aliphatic heterocycles. The maximum Gasteiger partial charge on any atom is 0.155 e. The van der Waals surface area contributed by atoms with Crippen molar-refractivity contribution in [2.45, 2.75) is 25.7 Å². The van der Waals surface area contributed by atoms with Crippen LogP contribution in [0, 0.1) is 5.92 Å². The Morgan fingerprint density at radius 2 is 2.18 bits per heavy atom. The van der Waals surface area contributed by atoms with E-state index in [-0.39, 0.29) is 11.5 Å². The fourth-order valence-corrected chi connectivity index (χ4v) is 3.12. The van der Waals surface area contributed by atoms with Crippen molar-refractivity contribution in [3.8, 4) is 5.75 Å². The molecular formula is C14H13ClO2. The molecule has 0 heterocycles. The van der Waals surface area contributed by atoms with Crippen LogP contribution in [-0.4, -0.2) is 10.9 Å². The molecule has 1 aromatic carbocycles. The second-order valence-corrected chi connectivity index (χ2v) is 5.16. The molecule has 1 atom stereocenters. The molecule has 3 rings (SSSR count). The molecule has 2 nitrogen and oxygen atoms in total. The lowest BCUT2D eigenvalue weighted by atomic mass is 9.96. The summed E-state index contributed by atoms with van der Waals surface area (Å²) in [7, 11) is 0. The van der Waals surface area contributed by atoms with E-state index in [1.54, 1.807) is 12.1 Å². The summed E-state index contributed by atoms with van der Waals surface area (Å²) < 4.78 is 0. The number of phenols is 1. The van der Waals surface area contributed by atoms with Crippen molar-refractivity contribution in [3.63, 3.8) is 0 Å². The predicted octanol–water partition coefficient (Wildman–Crippen LogP) is 3.35. The molecule has 88 valence electrons. The van der Waals surface area contributed by atoms with E-state index in [0.717, 1.165) is 36.0 Å². The first-order chi connectivity index (χ1) is 8.16. The Kier molecular flexibility index (Phi) is 2.48. The van der Waals surface area contributed by atoms with Gasteiger partial charge in [0.25, 0.3) is 0 Å². The molecule has 0 saturated carbocycles. The van der Waals surface area contributed by atoms with Crippen molar-refractivity contribution in [1.82, 2.24) is 0 Å². The highest BCUT2D eigenvalue weighted by Gasteiger charge is 2.31. The third kappa shape index (κ3) is 1.67. The quantitative estimate of drug-likeness (QED) is 0.765. The molecule has 0 bridgehead atoms. The molecule has 0 spiro atoms. The minimum atomic E-state index is 0.133. The lowest BCUT2D eigenvalue weighted by molar-refractivity contribution is -0.114. The number of phenolic OH excluding ortho intramolecular Hbond substituents is 1. The molecule has 0 aromatic heterocycles. The molecule has 2 aliphatic carbocycles. The monoisotopic (exact) mass is 248 g/mol. The van der Waals surface area contributed by atoms with Crippen LogP contribution in [0.2, 0.25) is 5.02 Å². The van der Waals surface area contributed by atoms with Gasteiger partial charge in [-0.05, 0) is 54.0 Å². The molecule has 2 aliphatic rings. The predicted molar refractivity (Wildman–Crippen MR) is 67.1 cm³/mol. The lowest BCUT2D eigenvalue weighted by Crippen LogP contribution is -1.96. The van der Waals surface area contributed by atoms with Gasteiger partial charge in [-0.3, -0.25) is 4.79 Å². The number of carbonyl (C=O) groups excluding carboxylic acids is 1. The number of fused-ring (bicyclic) bond motifs is 3. The minimum absolute atomic E-state index is 0.133. The van der Waals surface area contributed by atoms with Gasteiger partial charge in [0.05, 0.1) is 5.02 Å². The highest BCUT2D eigenvalue weighted by molar-refractivity contribution is 6.33. The summed E-state index contributed by atoms with van der Waals surface area (Å²) in [4.78, 5) is 11.6. The van der Waals surface area contributed by atoms with E-state index in [9.17, 15) is 9.90 Å². The van der Waals surface area contributed by atoms with Crippen molar-refractivity contribution in [2.24, 2.45) is 5.92 Å². The van der Waals surface area contributed by atoms with E-state index >= 15 is 0 Å². The molecule has 3 heteroatoms. The summed E-state index contributed by atoms with van der Waals surface area (Å²) in [6, 6.07) is 3.49. The average molecular weight is 249 g/mol. The third-order valence-electron chi connectivity index (χ3n) is 3.72. The topological polar surface area (TPSA) is 37.3 Å². The van der Waals surface area contributed by atoms with Crippen LogP contribution in [0.3, 0.4) is 0 Å². The Bertz CT molecular complexity index is 531. The maximum atomic E-state index is 11.6. The lowest BCUT2D eigenvalue weighted by Gasteiger charge is -2.07. The van der Waals surface area contributed by atoms with E-state index in [4.69, 9.17) is 11.6 Å². The molecule has 1 N–H and O–H groups in total. The van der Waals surface area contributed by atoms with Gasteiger partial charge in [-0.2, -0.15) is 0 Å². The van der Waals surface area contributed by atoms with Gasteiger partial charge in [-0.1, -0.05) is 17.7 Å². The number of aromatic hydroxyl groups is 1. The first-order valence-corrected chi connectivity index (χ1v) is 6.29. The summed E-state index contributed by atoms with van der Waals surface area (Å²) in [5.74, 6) is 0.740. The SMILES string of the molecule is O=C1C=C2c3ccc(O)c(Cl)c3CC2CCC1. The van der Waals surface area contributed by atoms with Crippen LogP contribution in [0.5, 0.6) is 5.75 Å². The largest absolute Gasteiger partial charge is 0.506 e.